The molecule has 1 N–H and O–H groups in total. The van der Waals surface area contributed by atoms with Crippen molar-refractivity contribution in [3.63, 3.8) is 0 Å². The third-order valence-corrected chi connectivity index (χ3v) is 6.44. The van der Waals surface area contributed by atoms with Crippen LogP contribution in [0.1, 0.15) is 40.0 Å². The molecule has 2 aliphatic rings. The molecule has 0 aromatic rings. The van der Waals surface area contributed by atoms with E-state index in [-0.39, 0.29) is 17.1 Å². The third kappa shape index (κ3) is 3.72. The summed E-state index contributed by atoms with van der Waals surface area (Å²) in [7, 11) is 1.44. The number of ether oxygens (including phenoxy) is 1. The summed E-state index contributed by atoms with van der Waals surface area (Å²) in [4.78, 5) is 21.2. The molecule has 0 aliphatic heterocycles. The second kappa shape index (κ2) is 7.39. The van der Waals surface area contributed by atoms with Crippen LogP contribution in [0.2, 0.25) is 0 Å². The van der Waals surface area contributed by atoms with Crippen LogP contribution in [-0.2, 0) is 14.3 Å². The van der Waals surface area contributed by atoms with E-state index in [1.807, 2.05) is 0 Å². The Labute approximate surface area is 142 Å². The second-order valence-electron chi connectivity index (χ2n) is 6.95. The average Bonchev–Trinajstić information content (AvgIpc) is 2.84. The van der Waals surface area contributed by atoms with Gasteiger partial charge in [-0.2, -0.15) is 5.26 Å². The van der Waals surface area contributed by atoms with E-state index in [2.05, 4.69) is 27.4 Å². The van der Waals surface area contributed by atoms with Crippen LogP contribution in [0, 0.1) is 33.3 Å². The number of thioether (sulfide) groups is 1. The Morgan fingerprint density at radius 2 is 2.04 bits per heavy atom. The first kappa shape index (κ1) is 19.6. The number of hydrogen-bond acceptors (Lipinski definition) is 5. The van der Waals surface area contributed by atoms with Crippen LogP contribution in [0.5, 0.6) is 0 Å². The number of carbonyl (C=O) groups is 2. The predicted octanol–water partition coefficient (Wildman–Crippen LogP) is 3.46. The summed E-state index contributed by atoms with van der Waals surface area (Å²) >= 11 is 0.722. The fraction of sp³-hybridized carbons (Fsp3) is 0.706. The monoisotopic (exact) mass is 339 g/mol. The van der Waals surface area contributed by atoms with Gasteiger partial charge in [0.1, 0.15) is 11.2 Å². The van der Waals surface area contributed by atoms with Gasteiger partial charge in [-0.1, -0.05) is 27.4 Å². The lowest BCUT2D eigenvalue weighted by molar-refractivity contribution is -0.137. The molecule has 5 nitrogen and oxygen atoms in total. The van der Waals surface area contributed by atoms with Gasteiger partial charge in [-0.3, -0.25) is 4.79 Å². The van der Waals surface area contributed by atoms with Crippen LogP contribution in [0.15, 0.2) is 12.2 Å². The lowest BCUT2D eigenvalue weighted by Gasteiger charge is -2.39. The molecule has 0 heterocycles. The topological polar surface area (TPSA) is 87.4 Å². The zero-order valence-electron chi connectivity index (χ0n) is 14.2. The number of rotatable bonds is 4. The number of nitriles is 1. The maximum Gasteiger partial charge on any atom is 0.333 e. The van der Waals surface area contributed by atoms with Crippen molar-refractivity contribution in [3.8, 4) is 5.40 Å². The molecule has 2 bridgehead atoms. The summed E-state index contributed by atoms with van der Waals surface area (Å²) in [5, 5.41) is 17.3. The summed E-state index contributed by atoms with van der Waals surface area (Å²) in [5.41, 5.74) is 1.23. The summed E-state index contributed by atoms with van der Waals surface area (Å²) in [6.07, 6.45) is 3.62. The van der Waals surface area contributed by atoms with Gasteiger partial charge in [0, 0.05) is 5.57 Å². The number of carbonyl (C=O) groups excluding carboxylic acids is 1. The van der Waals surface area contributed by atoms with Crippen molar-refractivity contribution in [1.29, 1.82) is 5.26 Å². The highest BCUT2D eigenvalue weighted by Gasteiger charge is 2.62. The number of nitrogens with zero attached hydrogens (tertiary/aromatic N) is 1. The van der Waals surface area contributed by atoms with E-state index in [0.717, 1.165) is 24.1 Å². The number of thiocyanates is 1. The summed E-state index contributed by atoms with van der Waals surface area (Å²) in [6.45, 7) is 11.0. The fourth-order valence-electron chi connectivity index (χ4n) is 4.10. The molecule has 128 valence electrons. The minimum atomic E-state index is -0.952. The van der Waals surface area contributed by atoms with Gasteiger partial charge in [0.15, 0.2) is 0 Å². The van der Waals surface area contributed by atoms with E-state index in [0.29, 0.717) is 16.9 Å². The molecule has 0 radical (unpaired) electrons. The Kier molecular flexibility index (Phi) is 6.29. The fourth-order valence-corrected chi connectivity index (χ4v) is 4.29. The van der Waals surface area contributed by atoms with Crippen LogP contribution in [0.25, 0.3) is 0 Å². The lowest BCUT2D eigenvalue weighted by Crippen LogP contribution is -2.34. The first-order chi connectivity index (χ1) is 10.6. The first-order valence-corrected chi connectivity index (χ1v) is 8.60. The molecule has 2 rings (SSSR count). The first-order valence-electron chi connectivity index (χ1n) is 7.61. The molecule has 0 amide bonds. The maximum atomic E-state index is 11.6. The number of aliphatic carboxylic acids is 1. The smallest absolute Gasteiger partial charge is 0.333 e. The quantitative estimate of drug-likeness (QED) is 0.479. The van der Waals surface area contributed by atoms with Crippen LogP contribution >= 0.6 is 11.8 Å². The number of hydrogen-bond donors (Lipinski definition) is 1. The van der Waals surface area contributed by atoms with Gasteiger partial charge >= 0.3 is 11.9 Å². The molecule has 0 spiro atoms. The van der Waals surface area contributed by atoms with Crippen LogP contribution < -0.4 is 0 Å². The van der Waals surface area contributed by atoms with Gasteiger partial charge in [-0.15, -0.1) is 0 Å². The Morgan fingerprint density at radius 1 is 1.43 bits per heavy atom. The zero-order chi connectivity index (χ0) is 17.8. The summed E-state index contributed by atoms with van der Waals surface area (Å²) < 4.78 is 4.81. The largest absolute Gasteiger partial charge is 0.481 e. The zero-order valence-corrected chi connectivity index (χ0v) is 15.0. The van der Waals surface area contributed by atoms with Gasteiger partial charge in [0.2, 0.25) is 0 Å². The average molecular weight is 339 g/mol. The van der Waals surface area contributed by atoms with Crippen molar-refractivity contribution >= 4 is 23.7 Å². The Hall–Kier alpha value is -1.48. The molecule has 2 aliphatic carbocycles. The molecular formula is C17H25NO4S. The summed E-state index contributed by atoms with van der Waals surface area (Å²) in [5.74, 6) is -0.255. The Bertz CT molecular complexity index is 537. The van der Waals surface area contributed by atoms with Crippen molar-refractivity contribution < 1.29 is 19.4 Å². The molecular weight excluding hydrogens is 314 g/mol. The number of methoxy groups -OCH3 is 1. The standard InChI is InChI=1S/C14H22O2.C3H3NO2S/c1-9(12(15)16-5)11-8-10-6-7-14(11,4)13(10,2)3;4-2-7-1-3(5)6/h10-11H,1,6-8H2,2-5H3;1H2,(H,5,6)/t10-,11?,14-;/m1./s1. The van der Waals surface area contributed by atoms with E-state index in [9.17, 15) is 9.59 Å². The lowest BCUT2D eigenvalue weighted by atomic mass is 9.65. The van der Waals surface area contributed by atoms with Gasteiger partial charge in [0.05, 0.1) is 7.11 Å². The Morgan fingerprint density at radius 3 is 2.35 bits per heavy atom. The minimum Gasteiger partial charge on any atom is -0.481 e. The van der Waals surface area contributed by atoms with E-state index < -0.39 is 5.97 Å². The van der Waals surface area contributed by atoms with Gasteiger partial charge < -0.3 is 9.84 Å². The van der Waals surface area contributed by atoms with Crippen LogP contribution in [0.3, 0.4) is 0 Å². The highest BCUT2D eigenvalue weighted by atomic mass is 32.2. The number of carboxylic acids is 1. The molecule has 1 unspecified atom stereocenters. The van der Waals surface area contributed by atoms with Crippen molar-refractivity contribution in [3.05, 3.63) is 12.2 Å². The number of fused-ring (bicyclic) bond motifs is 2. The molecule has 23 heavy (non-hydrogen) atoms. The van der Waals surface area contributed by atoms with Crippen molar-refractivity contribution in [2.24, 2.45) is 22.7 Å². The number of esters is 1. The molecule has 6 heteroatoms. The highest BCUT2D eigenvalue weighted by Crippen LogP contribution is 2.69. The van der Waals surface area contributed by atoms with Gasteiger partial charge in [0.25, 0.3) is 0 Å². The van der Waals surface area contributed by atoms with E-state index in [4.69, 9.17) is 15.1 Å². The Balaban J connectivity index is 0.000000322. The number of carboxylic acid groups (broad SMARTS) is 1. The van der Waals surface area contributed by atoms with E-state index >= 15 is 0 Å². The predicted molar refractivity (Wildman–Crippen MR) is 89.6 cm³/mol. The SMILES string of the molecule is C=C(C(=O)OC)C1C[C@H]2CC[C@@]1(C)C2(C)C.N#CSCC(=O)O. The van der Waals surface area contributed by atoms with Crippen LogP contribution in [-0.4, -0.2) is 29.9 Å². The molecule has 2 fully saturated rings. The van der Waals surface area contributed by atoms with Crippen LogP contribution in [0.4, 0.5) is 0 Å². The van der Waals surface area contributed by atoms with Crippen molar-refractivity contribution in [2.45, 2.75) is 40.0 Å². The van der Waals surface area contributed by atoms with Crippen molar-refractivity contribution in [2.75, 3.05) is 12.9 Å². The molecule has 0 saturated heterocycles. The third-order valence-electron chi connectivity index (χ3n) is 5.92. The molecule has 2 saturated carbocycles. The molecule has 0 aromatic heterocycles. The maximum absolute atomic E-state index is 11.6. The van der Waals surface area contributed by atoms with E-state index in [1.165, 1.54) is 20.0 Å². The molecule has 3 atom stereocenters. The second-order valence-corrected chi connectivity index (χ2v) is 7.71. The minimum absolute atomic E-state index is 0.128. The molecule has 0 aromatic carbocycles. The normalized spacial score (nSPS) is 29.9. The van der Waals surface area contributed by atoms with Crippen molar-refractivity contribution in [1.82, 2.24) is 0 Å². The van der Waals surface area contributed by atoms with Gasteiger partial charge in [-0.25, -0.2) is 4.79 Å². The summed E-state index contributed by atoms with van der Waals surface area (Å²) in [6, 6.07) is 0. The van der Waals surface area contributed by atoms with Gasteiger partial charge in [-0.05, 0) is 53.7 Å². The highest BCUT2D eigenvalue weighted by molar-refractivity contribution is 8.04. The van der Waals surface area contributed by atoms with E-state index in [1.54, 1.807) is 5.40 Å².